The maximum absolute atomic E-state index is 11.5. The number of carbonyl (C=O) groups is 3. The summed E-state index contributed by atoms with van der Waals surface area (Å²) in [6.07, 6.45) is 0. The van der Waals surface area contributed by atoms with Crippen molar-refractivity contribution in [2.45, 2.75) is 13.8 Å². The Morgan fingerprint density at radius 1 is 0.900 bits per heavy atom. The SMILES string of the molecule is COC(=O)c1cc(OC(C)=O)c(OC)c(OC(C)=O)c1. The quantitative estimate of drug-likeness (QED) is 0.608. The van der Waals surface area contributed by atoms with Crippen LogP contribution in [-0.4, -0.2) is 32.1 Å². The van der Waals surface area contributed by atoms with E-state index in [1.54, 1.807) is 0 Å². The standard InChI is InChI=1S/C13H14O7/c1-7(14)19-10-5-9(13(16)18-4)6-11(12(10)17-3)20-8(2)15/h5-6H,1-4H3. The number of ether oxygens (including phenoxy) is 4. The fraction of sp³-hybridized carbons (Fsp3) is 0.308. The Morgan fingerprint density at radius 2 is 1.35 bits per heavy atom. The van der Waals surface area contributed by atoms with Gasteiger partial charge in [0.05, 0.1) is 19.8 Å². The third-order valence-corrected chi connectivity index (χ3v) is 2.15. The molecule has 0 saturated heterocycles. The van der Waals surface area contributed by atoms with Gasteiger partial charge in [0.25, 0.3) is 0 Å². The second-order valence-corrected chi connectivity index (χ2v) is 3.68. The first-order valence-corrected chi connectivity index (χ1v) is 5.56. The van der Waals surface area contributed by atoms with Crippen LogP contribution in [0.5, 0.6) is 17.2 Å². The first kappa shape index (κ1) is 15.5. The van der Waals surface area contributed by atoms with Gasteiger partial charge in [-0.3, -0.25) is 9.59 Å². The van der Waals surface area contributed by atoms with Crippen molar-refractivity contribution in [1.82, 2.24) is 0 Å². The Hall–Kier alpha value is -2.57. The maximum Gasteiger partial charge on any atom is 0.338 e. The number of benzene rings is 1. The zero-order valence-electron chi connectivity index (χ0n) is 11.5. The number of methoxy groups -OCH3 is 2. The number of rotatable bonds is 4. The van der Waals surface area contributed by atoms with Crippen LogP contribution < -0.4 is 14.2 Å². The minimum atomic E-state index is -0.672. The molecule has 108 valence electrons. The van der Waals surface area contributed by atoms with Crippen molar-refractivity contribution in [2.24, 2.45) is 0 Å². The van der Waals surface area contributed by atoms with Crippen LogP contribution in [0, 0.1) is 0 Å². The maximum atomic E-state index is 11.5. The van der Waals surface area contributed by atoms with Gasteiger partial charge in [-0.05, 0) is 12.1 Å². The molecule has 1 aromatic carbocycles. The summed E-state index contributed by atoms with van der Waals surface area (Å²) in [7, 11) is 2.51. The molecule has 1 rings (SSSR count). The molecule has 1 aromatic rings. The van der Waals surface area contributed by atoms with Crippen molar-refractivity contribution in [3.8, 4) is 17.2 Å². The highest BCUT2D eigenvalue weighted by Crippen LogP contribution is 2.39. The van der Waals surface area contributed by atoms with Gasteiger partial charge in [-0.15, -0.1) is 0 Å². The Morgan fingerprint density at radius 3 is 1.65 bits per heavy atom. The first-order chi connectivity index (χ1) is 9.38. The van der Waals surface area contributed by atoms with Gasteiger partial charge in [0.2, 0.25) is 5.75 Å². The zero-order valence-corrected chi connectivity index (χ0v) is 11.5. The van der Waals surface area contributed by atoms with E-state index in [9.17, 15) is 14.4 Å². The van der Waals surface area contributed by atoms with Crippen molar-refractivity contribution >= 4 is 17.9 Å². The summed E-state index contributed by atoms with van der Waals surface area (Å²) < 4.78 is 19.5. The van der Waals surface area contributed by atoms with E-state index in [0.29, 0.717) is 0 Å². The van der Waals surface area contributed by atoms with E-state index < -0.39 is 17.9 Å². The van der Waals surface area contributed by atoms with E-state index >= 15 is 0 Å². The van der Waals surface area contributed by atoms with Crippen LogP contribution in [0.2, 0.25) is 0 Å². The second-order valence-electron chi connectivity index (χ2n) is 3.68. The molecule has 0 saturated carbocycles. The van der Waals surface area contributed by atoms with Gasteiger partial charge < -0.3 is 18.9 Å². The summed E-state index contributed by atoms with van der Waals surface area (Å²) in [6, 6.07) is 2.53. The minimum absolute atomic E-state index is 0.0306. The van der Waals surface area contributed by atoms with Crippen LogP contribution >= 0.6 is 0 Å². The van der Waals surface area contributed by atoms with Gasteiger partial charge >= 0.3 is 17.9 Å². The molecule has 0 fully saturated rings. The predicted octanol–water partition coefficient (Wildman–Crippen LogP) is 1.33. The zero-order chi connectivity index (χ0) is 15.3. The van der Waals surface area contributed by atoms with Crippen molar-refractivity contribution in [3.63, 3.8) is 0 Å². The van der Waals surface area contributed by atoms with Gasteiger partial charge in [-0.1, -0.05) is 0 Å². The number of carbonyl (C=O) groups excluding carboxylic acids is 3. The van der Waals surface area contributed by atoms with Crippen LogP contribution in [0.15, 0.2) is 12.1 Å². The van der Waals surface area contributed by atoms with E-state index in [1.807, 2.05) is 0 Å². The van der Waals surface area contributed by atoms with E-state index in [1.165, 1.54) is 40.2 Å². The lowest BCUT2D eigenvalue weighted by atomic mass is 10.2. The average Bonchev–Trinajstić information content (AvgIpc) is 2.36. The number of esters is 3. The number of hydrogen-bond acceptors (Lipinski definition) is 7. The minimum Gasteiger partial charge on any atom is -0.490 e. The topological polar surface area (TPSA) is 88.1 Å². The van der Waals surface area contributed by atoms with E-state index in [0.717, 1.165) is 0 Å². The molecule has 0 aromatic heterocycles. The molecule has 0 aliphatic heterocycles. The lowest BCUT2D eigenvalue weighted by molar-refractivity contribution is -0.132. The number of hydrogen-bond donors (Lipinski definition) is 0. The molecule has 7 heteroatoms. The average molecular weight is 282 g/mol. The predicted molar refractivity (Wildman–Crippen MR) is 67.0 cm³/mol. The fourth-order valence-electron chi connectivity index (χ4n) is 1.47. The van der Waals surface area contributed by atoms with Gasteiger partial charge in [0.1, 0.15) is 0 Å². The van der Waals surface area contributed by atoms with Crippen LogP contribution in [0.1, 0.15) is 24.2 Å². The van der Waals surface area contributed by atoms with E-state index in [4.69, 9.17) is 14.2 Å². The third-order valence-electron chi connectivity index (χ3n) is 2.15. The highest BCUT2D eigenvalue weighted by Gasteiger charge is 2.20. The highest BCUT2D eigenvalue weighted by atomic mass is 16.6. The van der Waals surface area contributed by atoms with E-state index in [2.05, 4.69) is 4.74 Å². The summed E-state index contributed by atoms with van der Waals surface area (Å²) in [6.45, 7) is 2.38. The molecule has 0 amide bonds. The molecule has 0 bridgehead atoms. The highest BCUT2D eigenvalue weighted by molar-refractivity contribution is 5.91. The smallest absolute Gasteiger partial charge is 0.338 e. The molecular formula is C13H14O7. The molecule has 0 radical (unpaired) electrons. The van der Waals surface area contributed by atoms with Crippen molar-refractivity contribution in [1.29, 1.82) is 0 Å². The summed E-state index contributed by atoms with van der Waals surface area (Å²) in [5.74, 6) is -1.95. The Labute approximate surface area is 115 Å². The molecule has 0 heterocycles. The van der Waals surface area contributed by atoms with Crippen molar-refractivity contribution < 1.29 is 33.3 Å². The molecular weight excluding hydrogens is 268 g/mol. The van der Waals surface area contributed by atoms with Crippen LogP contribution in [0.25, 0.3) is 0 Å². The van der Waals surface area contributed by atoms with Crippen molar-refractivity contribution in [3.05, 3.63) is 17.7 Å². The van der Waals surface area contributed by atoms with Crippen LogP contribution in [-0.2, 0) is 14.3 Å². The fourth-order valence-corrected chi connectivity index (χ4v) is 1.47. The monoisotopic (exact) mass is 282 g/mol. The van der Waals surface area contributed by atoms with Gasteiger partial charge in [0, 0.05) is 13.8 Å². The van der Waals surface area contributed by atoms with Gasteiger partial charge in [-0.25, -0.2) is 4.79 Å². The molecule has 0 aliphatic carbocycles. The molecule has 0 unspecified atom stereocenters. The Kier molecular flexibility index (Phi) is 5.08. The van der Waals surface area contributed by atoms with Gasteiger partial charge in [-0.2, -0.15) is 0 Å². The van der Waals surface area contributed by atoms with Crippen LogP contribution in [0.4, 0.5) is 0 Å². The largest absolute Gasteiger partial charge is 0.490 e. The summed E-state index contributed by atoms with van der Waals surface area (Å²) >= 11 is 0. The molecule has 0 atom stereocenters. The van der Waals surface area contributed by atoms with Crippen LogP contribution in [0.3, 0.4) is 0 Å². The Bertz CT molecular complexity index is 511. The lowest BCUT2D eigenvalue weighted by Crippen LogP contribution is -2.10. The van der Waals surface area contributed by atoms with Crippen molar-refractivity contribution in [2.75, 3.05) is 14.2 Å². The summed E-state index contributed by atoms with van der Waals surface area (Å²) in [4.78, 5) is 33.7. The lowest BCUT2D eigenvalue weighted by Gasteiger charge is -2.13. The molecule has 0 spiro atoms. The first-order valence-electron chi connectivity index (χ1n) is 5.56. The molecule has 7 nitrogen and oxygen atoms in total. The molecule has 0 aliphatic rings. The van der Waals surface area contributed by atoms with E-state index in [-0.39, 0.29) is 22.8 Å². The molecule has 0 N–H and O–H groups in total. The Balaban J connectivity index is 3.41. The normalized spacial score (nSPS) is 9.60. The third kappa shape index (κ3) is 3.71. The second kappa shape index (κ2) is 6.55. The summed E-state index contributed by atoms with van der Waals surface area (Å²) in [5.41, 5.74) is 0.0563. The van der Waals surface area contributed by atoms with Gasteiger partial charge in [0.15, 0.2) is 11.5 Å². The summed E-state index contributed by atoms with van der Waals surface area (Å²) in [5, 5.41) is 0. The molecule has 20 heavy (non-hydrogen) atoms.